The highest BCUT2D eigenvalue weighted by Crippen LogP contribution is 2.08. The zero-order valence-electron chi connectivity index (χ0n) is 3.68. The molecule has 4 heteroatoms. The fourth-order valence-corrected chi connectivity index (χ4v) is 0.608. The van der Waals surface area contributed by atoms with Crippen molar-refractivity contribution in [2.75, 3.05) is 5.73 Å². The molecule has 0 bridgehead atoms. The number of rotatable bonds is 0. The molecule has 2 rings (SSSR count). The maximum atomic E-state index is 5.33. The molecule has 0 aromatic carbocycles. The Morgan fingerprint density at radius 2 is 2.71 bits per heavy atom. The molecule has 0 aliphatic carbocycles. The van der Waals surface area contributed by atoms with E-state index in [0.29, 0.717) is 5.82 Å². The molecule has 4 nitrogen and oxygen atoms in total. The molecular formula is C3H5N4+. The fourth-order valence-electron chi connectivity index (χ4n) is 0.608. The summed E-state index contributed by atoms with van der Waals surface area (Å²) in [6, 6.07) is 0. The van der Waals surface area contributed by atoms with E-state index >= 15 is 0 Å². The predicted octanol–water partition coefficient (Wildman–Crippen LogP) is -1.36. The highest BCUT2D eigenvalue weighted by Gasteiger charge is 2.32. The standard InChI is InChI=1S/C3H4N4/c4-3-2-1-7(2)6-5-3/h1,4H2/p+1. The molecule has 36 valence electrons. The van der Waals surface area contributed by atoms with Gasteiger partial charge < -0.3 is 5.73 Å². The Kier molecular flexibility index (Phi) is 0.275. The smallest absolute Gasteiger partial charge is 0.312 e. The van der Waals surface area contributed by atoms with Crippen molar-refractivity contribution in [3.8, 4) is 0 Å². The van der Waals surface area contributed by atoms with Gasteiger partial charge in [-0.2, -0.15) is 0 Å². The second-order valence-corrected chi connectivity index (χ2v) is 1.63. The molecule has 0 unspecified atom stereocenters. The molecule has 0 atom stereocenters. The largest absolute Gasteiger partial charge is 0.357 e. The van der Waals surface area contributed by atoms with Crippen molar-refractivity contribution < 1.29 is 4.68 Å². The Balaban J connectivity index is 2.76. The van der Waals surface area contributed by atoms with Gasteiger partial charge in [0, 0.05) is 0 Å². The van der Waals surface area contributed by atoms with Gasteiger partial charge in [-0.25, -0.2) is 0 Å². The average molecular weight is 97.1 g/mol. The molecule has 0 radical (unpaired) electrons. The molecule has 2 heterocycles. The monoisotopic (exact) mass is 97.1 g/mol. The zero-order chi connectivity index (χ0) is 4.85. The number of nitrogens with one attached hydrogen (secondary N) is 1. The third-order valence-electron chi connectivity index (χ3n) is 1.12. The maximum absolute atomic E-state index is 5.33. The van der Waals surface area contributed by atoms with Crippen molar-refractivity contribution in [3.63, 3.8) is 0 Å². The number of anilines is 1. The topological polar surface area (TPSA) is 58.6 Å². The summed E-state index contributed by atoms with van der Waals surface area (Å²) in [4.78, 5) is 0. The molecule has 1 aromatic rings. The van der Waals surface area contributed by atoms with Crippen LogP contribution >= 0.6 is 0 Å². The fraction of sp³-hybridized carbons (Fsp3) is 0.333. The minimum absolute atomic E-state index is 0.639. The Bertz CT molecular complexity index is 201. The summed E-state index contributed by atoms with van der Waals surface area (Å²) >= 11 is 0. The van der Waals surface area contributed by atoms with Crippen molar-refractivity contribution in [1.82, 2.24) is 10.3 Å². The summed E-state index contributed by atoms with van der Waals surface area (Å²) in [5, 5.41) is 6.40. The van der Waals surface area contributed by atoms with Crippen LogP contribution in [-0.4, -0.2) is 10.3 Å². The molecule has 1 aliphatic heterocycles. The molecule has 0 saturated heterocycles. The number of aromatic amines is 1. The van der Waals surface area contributed by atoms with Gasteiger partial charge in [0.1, 0.15) is 0 Å². The molecular weight excluding hydrogens is 92.1 g/mol. The van der Waals surface area contributed by atoms with E-state index in [-0.39, 0.29) is 0 Å². The molecule has 3 N–H and O–H groups in total. The Morgan fingerprint density at radius 1 is 1.86 bits per heavy atom. The van der Waals surface area contributed by atoms with Gasteiger partial charge in [0.2, 0.25) is 5.69 Å². The van der Waals surface area contributed by atoms with Crippen LogP contribution in [-0.2, 0) is 6.54 Å². The minimum atomic E-state index is 0.639. The zero-order valence-corrected chi connectivity index (χ0v) is 3.68. The van der Waals surface area contributed by atoms with Gasteiger partial charge in [-0.1, -0.05) is 5.21 Å². The molecule has 0 spiro atoms. The summed E-state index contributed by atoms with van der Waals surface area (Å²) in [5.74, 6) is 0.639. The number of hydrogen-bond acceptors (Lipinski definition) is 2. The average Bonchev–Trinajstić information content (AvgIpc) is 2.33. The Morgan fingerprint density at radius 3 is 2.86 bits per heavy atom. The maximum Gasteiger partial charge on any atom is 0.312 e. The molecule has 0 fully saturated rings. The number of nitrogens with zero attached hydrogens (tertiary/aromatic N) is 2. The van der Waals surface area contributed by atoms with Gasteiger partial charge in [-0.05, 0) is 0 Å². The first kappa shape index (κ1) is 3.01. The van der Waals surface area contributed by atoms with E-state index in [9.17, 15) is 0 Å². The lowest BCUT2D eigenvalue weighted by Gasteiger charge is -1.60. The Hall–Kier alpha value is -1.06. The molecule has 7 heavy (non-hydrogen) atoms. The van der Waals surface area contributed by atoms with E-state index in [0.717, 1.165) is 12.2 Å². The van der Waals surface area contributed by atoms with Crippen molar-refractivity contribution >= 4 is 5.82 Å². The van der Waals surface area contributed by atoms with E-state index in [1.54, 1.807) is 0 Å². The van der Waals surface area contributed by atoms with E-state index in [4.69, 9.17) is 5.73 Å². The van der Waals surface area contributed by atoms with Gasteiger partial charge >= 0.3 is 5.82 Å². The van der Waals surface area contributed by atoms with Crippen molar-refractivity contribution in [1.29, 1.82) is 0 Å². The number of hydrogen-bond donors (Lipinski definition) is 2. The van der Waals surface area contributed by atoms with Gasteiger partial charge in [0.05, 0.1) is 5.10 Å². The first-order chi connectivity index (χ1) is 3.38. The summed E-state index contributed by atoms with van der Waals surface area (Å²) in [5.41, 5.74) is 6.45. The Labute approximate surface area is 39.9 Å². The number of H-pyrrole nitrogens is 1. The van der Waals surface area contributed by atoms with Crippen LogP contribution in [0.5, 0.6) is 0 Å². The summed E-state index contributed by atoms with van der Waals surface area (Å²) in [6.07, 6.45) is 0. The third kappa shape index (κ3) is 0.220. The van der Waals surface area contributed by atoms with E-state index in [2.05, 4.69) is 10.3 Å². The van der Waals surface area contributed by atoms with Crippen molar-refractivity contribution in [2.24, 2.45) is 0 Å². The van der Waals surface area contributed by atoms with Crippen LogP contribution < -0.4 is 10.4 Å². The highest BCUT2D eigenvalue weighted by atomic mass is 15.5. The van der Waals surface area contributed by atoms with Crippen LogP contribution in [0.25, 0.3) is 0 Å². The summed E-state index contributed by atoms with van der Waals surface area (Å²) in [7, 11) is 0. The van der Waals surface area contributed by atoms with Gasteiger partial charge in [0.25, 0.3) is 0 Å². The lowest BCUT2D eigenvalue weighted by molar-refractivity contribution is -0.640. The summed E-state index contributed by atoms with van der Waals surface area (Å²) in [6.45, 7) is 0.954. The quantitative estimate of drug-likeness (QED) is 0.399. The van der Waals surface area contributed by atoms with Gasteiger partial charge in [0.15, 0.2) is 6.54 Å². The minimum Gasteiger partial charge on any atom is -0.357 e. The first-order valence-electron chi connectivity index (χ1n) is 2.10. The third-order valence-corrected chi connectivity index (χ3v) is 1.12. The first-order valence-corrected chi connectivity index (χ1v) is 2.10. The molecule has 1 aliphatic rings. The van der Waals surface area contributed by atoms with Crippen LogP contribution in [0.2, 0.25) is 0 Å². The second kappa shape index (κ2) is 0.641. The number of nitrogen functional groups attached to an aromatic ring is 1. The lowest BCUT2D eigenvalue weighted by atomic mass is 10.6. The van der Waals surface area contributed by atoms with Gasteiger partial charge in [-0.3, -0.25) is 0 Å². The van der Waals surface area contributed by atoms with Gasteiger partial charge in [-0.15, -0.1) is 4.68 Å². The molecule has 0 saturated carbocycles. The van der Waals surface area contributed by atoms with Crippen molar-refractivity contribution in [3.05, 3.63) is 5.69 Å². The normalized spacial score (nSPS) is 13.7. The summed E-state index contributed by atoms with van der Waals surface area (Å²) < 4.78 is 1.88. The predicted molar refractivity (Wildman–Crippen MR) is 22.3 cm³/mol. The van der Waals surface area contributed by atoms with E-state index in [1.807, 2.05) is 4.68 Å². The van der Waals surface area contributed by atoms with E-state index < -0.39 is 0 Å². The highest BCUT2D eigenvalue weighted by molar-refractivity contribution is 5.31. The number of aromatic nitrogens is 3. The number of fused-ring (bicyclic) bond motifs is 1. The number of nitrogens with two attached hydrogens (primary N) is 1. The SMILES string of the molecule is Nc1n[nH][n+]2c1C2. The van der Waals surface area contributed by atoms with E-state index in [1.165, 1.54) is 0 Å². The molecule has 0 amide bonds. The lowest BCUT2D eigenvalue weighted by Crippen LogP contribution is -2.13. The van der Waals surface area contributed by atoms with Crippen LogP contribution in [0.1, 0.15) is 5.69 Å². The van der Waals surface area contributed by atoms with Crippen LogP contribution in [0, 0.1) is 0 Å². The van der Waals surface area contributed by atoms with Crippen LogP contribution in [0.4, 0.5) is 5.82 Å². The second-order valence-electron chi connectivity index (χ2n) is 1.63. The van der Waals surface area contributed by atoms with Crippen LogP contribution in [0.15, 0.2) is 0 Å². The van der Waals surface area contributed by atoms with Crippen LogP contribution in [0.3, 0.4) is 0 Å². The molecule has 1 aromatic heterocycles. The van der Waals surface area contributed by atoms with Crippen molar-refractivity contribution in [2.45, 2.75) is 6.54 Å².